The minimum absolute atomic E-state index is 0.206. The lowest BCUT2D eigenvalue weighted by Crippen LogP contribution is -2.50. The Kier molecular flexibility index (Phi) is 54.1. The van der Waals surface area contributed by atoms with Gasteiger partial charge in [-0.2, -0.15) is 0 Å². The zero-order valence-corrected chi connectivity index (χ0v) is 54.6. The topological polar surface area (TPSA) is 74.6 Å². The molecule has 0 amide bonds. The molecule has 0 aliphatic carbocycles. The van der Waals surface area contributed by atoms with Crippen molar-refractivity contribution < 1.29 is 28.8 Å². The predicted octanol–water partition coefficient (Wildman–Crippen LogP) is 23.3. The van der Waals surface area contributed by atoms with E-state index in [9.17, 15) is 9.59 Å². The van der Waals surface area contributed by atoms with Crippen LogP contribution in [0.4, 0.5) is 0 Å². The summed E-state index contributed by atoms with van der Waals surface area (Å²) in [4.78, 5) is 23.4. The van der Waals surface area contributed by atoms with Crippen LogP contribution >= 0.6 is 21.6 Å². The highest BCUT2D eigenvalue weighted by atomic mass is 33.1. The van der Waals surface area contributed by atoms with Crippen molar-refractivity contribution in [3.05, 3.63) is 59.7 Å². The van der Waals surface area contributed by atoms with Crippen LogP contribution in [-0.4, -0.2) is 83.5 Å². The molecule has 78 heavy (non-hydrogen) atoms. The standard InChI is InChI=1S/2C28H60N.C14H10O4S2/c2*1-5-9-13-17-21-25-29(26-22-18-14-10-6-2,27-23-19-15-11-7-3)28-24-20-16-12-8-4;15-13(16)9-5-1-3-7-11(9)19-20-12-8-4-2-6-10(12)14(17)18/h2*5-28H2,1-4H3;1-8H,(H,15,16)(H,17,18)/q2*+1;. The summed E-state index contributed by atoms with van der Waals surface area (Å²) < 4.78 is 2.94. The van der Waals surface area contributed by atoms with E-state index in [0.717, 1.165) is 0 Å². The lowest BCUT2D eigenvalue weighted by atomic mass is 10.1. The van der Waals surface area contributed by atoms with E-state index in [0.29, 0.717) is 9.79 Å². The van der Waals surface area contributed by atoms with Crippen molar-refractivity contribution in [2.75, 3.05) is 52.4 Å². The second kappa shape index (κ2) is 55.5. The maximum absolute atomic E-state index is 11.1. The molecule has 0 bridgehead atoms. The van der Waals surface area contributed by atoms with Crippen LogP contribution in [0.5, 0.6) is 0 Å². The molecule has 0 aliphatic heterocycles. The van der Waals surface area contributed by atoms with Crippen molar-refractivity contribution in [1.82, 2.24) is 0 Å². The Morgan fingerprint density at radius 1 is 0.282 bits per heavy atom. The highest BCUT2D eigenvalue weighted by Gasteiger charge is 2.27. The van der Waals surface area contributed by atoms with Gasteiger partial charge in [0.1, 0.15) is 0 Å². The molecule has 0 heterocycles. The van der Waals surface area contributed by atoms with Crippen LogP contribution in [0.2, 0.25) is 0 Å². The number of aromatic carboxylic acids is 2. The van der Waals surface area contributed by atoms with Crippen molar-refractivity contribution >= 4 is 33.5 Å². The van der Waals surface area contributed by atoms with Crippen LogP contribution in [0.3, 0.4) is 0 Å². The average Bonchev–Trinajstić information content (AvgIpc) is 3.44. The van der Waals surface area contributed by atoms with E-state index in [2.05, 4.69) is 55.4 Å². The third-order valence-corrected chi connectivity index (χ3v) is 18.8. The molecule has 0 unspecified atom stereocenters. The fourth-order valence-corrected chi connectivity index (χ4v) is 13.6. The van der Waals surface area contributed by atoms with Crippen LogP contribution < -0.4 is 0 Å². The Morgan fingerprint density at radius 3 is 0.615 bits per heavy atom. The lowest BCUT2D eigenvalue weighted by molar-refractivity contribution is -0.929. The molecular formula is C70H130N2O4S2+2. The molecule has 2 aromatic carbocycles. The highest BCUT2D eigenvalue weighted by Crippen LogP contribution is 2.40. The molecule has 0 aliphatic rings. The fourth-order valence-electron chi connectivity index (χ4n) is 11.3. The summed E-state index contributed by atoms with van der Waals surface area (Å²) >= 11 is 0. The monoisotopic (exact) mass is 1130 g/mol. The van der Waals surface area contributed by atoms with E-state index in [1.165, 1.54) is 352 Å². The minimum atomic E-state index is -1.000. The van der Waals surface area contributed by atoms with E-state index in [1.54, 1.807) is 36.4 Å². The van der Waals surface area contributed by atoms with E-state index >= 15 is 0 Å². The van der Waals surface area contributed by atoms with Crippen LogP contribution in [0.1, 0.15) is 333 Å². The molecule has 2 N–H and O–H groups in total. The number of unbranched alkanes of at least 4 members (excludes halogenated alkanes) is 32. The number of hydrogen-bond acceptors (Lipinski definition) is 4. The maximum atomic E-state index is 11.1. The molecule has 454 valence electrons. The van der Waals surface area contributed by atoms with Crippen molar-refractivity contribution in [3.63, 3.8) is 0 Å². The minimum Gasteiger partial charge on any atom is -0.478 e. The summed E-state index contributed by atoms with van der Waals surface area (Å²) in [6.07, 6.45) is 57.6. The van der Waals surface area contributed by atoms with E-state index in [4.69, 9.17) is 10.2 Å². The van der Waals surface area contributed by atoms with Gasteiger partial charge in [0.2, 0.25) is 0 Å². The molecule has 6 nitrogen and oxygen atoms in total. The number of nitrogens with zero attached hydrogens (tertiary/aromatic N) is 2. The molecule has 0 saturated heterocycles. The highest BCUT2D eigenvalue weighted by molar-refractivity contribution is 8.76. The normalized spacial score (nSPS) is 11.5. The molecule has 8 heteroatoms. The van der Waals surface area contributed by atoms with Gasteiger partial charge in [0, 0.05) is 9.79 Å². The van der Waals surface area contributed by atoms with Crippen LogP contribution in [0.25, 0.3) is 0 Å². The van der Waals surface area contributed by atoms with Gasteiger partial charge in [0.05, 0.1) is 63.5 Å². The summed E-state index contributed by atoms with van der Waals surface area (Å²) in [5.41, 5.74) is 0.413. The molecular weight excluding hydrogens is 997 g/mol. The van der Waals surface area contributed by atoms with Crippen molar-refractivity contribution in [3.8, 4) is 0 Å². The summed E-state index contributed by atoms with van der Waals surface area (Å²) in [5, 5.41) is 18.2. The first-order chi connectivity index (χ1) is 38.1. The third kappa shape index (κ3) is 41.9. The zero-order valence-electron chi connectivity index (χ0n) is 53.0. The maximum Gasteiger partial charge on any atom is 0.336 e. The van der Waals surface area contributed by atoms with E-state index < -0.39 is 11.9 Å². The quantitative estimate of drug-likeness (QED) is 0.0391. The van der Waals surface area contributed by atoms with Crippen molar-refractivity contribution in [2.24, 2.45) is 0 Å². The summed E-state index contributed by atoms with van der Waals surface area (Å²) in [6.45, 7) is 30.5. The van der Waals surface area contributed by atoms with Crippen LogP contribution in [0.15, 0.2) is 58.3 Å². The van der Waals surface area contributed by atoms with Gasteiger partial charge < -0.3 is 19.2 Å². The number of benzene rings is 2. The van der Waals surface area contributed by atoms with Crippen LogP contribution in [0, 0.1) is 0 Å². The molecule has 0 atom stereocenters. The number of quaternary nitrogens is 2. The Bertz CT molecular complexity index is 1380. The molecule has 2 rings (SSSR count). The van der Waals surface area contributed by atoms with Crippen molar-refractivity contribution in [2.45, 2.75) is 322 Å². The van der Waals surface area contributed by atoms with Gasteiger partial charge in [0.25, 0.3) is 0 Å². The SMILES string of the molecule is CCCCCCC[N+](CCCCCCC)(CCCCCCC)CCCCCCC.CCCCCCC[N+](CCCCCCC)(CCCCCCC)CCCCCCC.O=C(O)c1ccccc1SSc1ccccc1C(=O)O. The third-order valence-electron chi connectivity index (χ3n) is 16.3. The zero-order chi connectivity index (χ0) is 57.5. The van der Waals surface area contributed by atoms with Gasteiger partial charge in [0.15, 0.2) is 0 Å². The van der Waals surface area contributed by atoms with Gasteiger partial charge in [-0.3, -0.25) is 0 Å². The second-order valence-electron chi connectivity index (χ2n) is 23.6. The number of carboxylic acid groups (broad SMARTS) is 2. The lowest BCUT2D eigenvalue weighted by Gasteiger charge is -2.40. The van der Waals surface area contributed by atoms with Gasteiger partial charge in [-0.05, 0) is 127 Å². The van der Waals surface area contributed by atoms with Gasteiger partial charge in [-0.15, -0.1) is 0 Å². The number of rotatable bonds is 53. The second-order valence-corrected chi connectivity index (χ2v) is 25.8. The van der Waals surface area contributed by atoms with Crippen molar-refractivity contribution in [1.29, 1.82) is 0 Å². The molecule has 0 radical (unpaired) electrons. The fraction of sp³-hybridized carbons (Fsp3) is 0.800. The van der Waals surface area contributed by atoms with Gasteiger partial charge in [-0.1, -0.05) is 255 Å². The Morgan fingerprint density at radius 2 is 0.449 bits per heavy atom. The average molecular weight is 1130 g/mol. The van der Waals surface area contributed by atoms with Gasteiger partial charge in [-0.25, -0.2) is 9.59 Å². The van der Waals surface area contributed by atoms with Crippen LogP contribution in [-0.2, 0) is 0 Å². The Balaban J connectivity index is 0.00000116. The molecule has 0 saturated carbocycles. The summed E-state index contributed by atoms with van der Waals surface area (Å²) in [7, 11) is 2.47. The molecule has 0 spiro atoms. The first-order valence-corrected chi connectivity index (χ1v) is 35.9. The largest absolute Gasteiger partial charge is 0.478 e. The number of hydrogen-bond donors (Lipinski definition) is 2. The number of carboxylic acids is 2. The first-order valence-electron chi connectivity index (χ1n) is 33.8. The predicted molar refractivity (Wildman–Crippen MR) is 348 cm³/mol. The van der Waals surface area contributed by atoms with E-state index in [-0.39, 0.29) is 11.1 Å². The molecule has 0 aromatic heterocycles. The number of carbonyl (C=O) groups is 2. The van der Waals surface area contributed by atoms with Gasteiger partial charge >= 0.3 is 11.9 Å². The smallest absolute Gasteiger partial charge is 0.336 e. The summed E-state index contributed by atoms with van der Waals surface area (Å²) in [6, 6.07) is 13.3. The van der Waals surface area contributed by atoms with E-state index in [1.807, 2.05) is 0 Å². The summed E-state index contributed by atoms with van der Waals surface area (Å²) in [5.74, 6) is -2.00. The Hall–Kier alpha value is -2.00. The molecule has 2 aromatic rings. The first kappa shape index (κ1) is 76.0. The Labute approximate surface area is 493 Å². The molecule has 0 fully saturated rings.